The van der Waals surface area contributed by atoms with E-state index in [1.165, 1.54) is 0 Å². The second kappa shape index (κ2) is 6.71. The molecule has 0 spiro atoms. The van der Waals surface area contributed by atoms with Crippen LogP contribution in [0.3, 0.4) is 0 Å². The summed E-state index contributed by atoms with van der Waals surface area (Å²) in [5, 5.41) is 4.67. The summed E-state index contributed by atoms with van der Waals surface area (Å²) < 4.78 is 16.2. The number of aromatic nitrogens is 2. The van der Waals surface area contributed by atoms with E-state index in [1.54, 1.807) is 19.2 Å². The molecule has 1 aromatic heterocycles. The Hall–Kier alpha value is -2.53. The fraction of sp³-hybridized carbons (Fsp3) is 0.176. The molecule has 2 aromatic carbocycles. The van der Waals surface area contributed by atoms with E-state index in [0.29, 0.717) is 28.2 Å². The maximum atomic E-state index is 5.99. The van der Waals surface area contributed by atoms with Crippen molar-refractivity contribution in [3.63, 3.8) is 0 Å². The molecule has 23 heavy (non-hydrogen) atoms. The van der Waals surface area contributed by atoms with Gasteiger partial charge < -0.3 is 14.0 Å². The van der Waals surface area contributed by atoms with Crippen molar-refractivity contribution in [2.24, 2.45) is 0 Å². The number of para-hydroxylation sites is 1. The smallest absolute Gasteiger partial charge is 0.264 e. The summed E-state index contributed by atoms with van der Waals surface area (Å²) in [7, 11) is 1.60. The quantitative estimate of drug-likeness (QED) is 0.698. The summed E-state index contributed by atoms with van der Waals surface area (Å²) in [4.78, 5) is 4.34. The van der Waals surface area contributed by atoms with Crippen LogP contribution in [0.1, 0.15) is 11.5 Å². The molecule has 0 N–H and O–H groups in total. The van der Waals surface area contributed by atoms with Crippen molar-refractivity contribution < 1.29 is 14.0 Å². The number of nitrogens with zero attached hydrogens (tertiary/aromatic N) is 2. The molecule has 0 radical (unpaired) electrons. The predicted molar refractivity (Wildman–Crippen MR) is 86.8 cm³/mol. The highest BCUT2D eigenvalue weighted by atomic mass is 35.5. The standard InChI is InChI=1S/C17H15ClN2O3/c1-11-9-12(7-8-14(11)18)22-10-16-19-17(20-23-16)13-5-3-4-6-15(13)21-2/h3-9H,10H2,1-2H3. The van der Waals surface area contributed by atoms with Crippen molar-refractivity contribution in [3.8, 4) is 22.9 Å². The molecule has 0 aliphatic heterocycles. The molecule has 3 rings (SSSR count). The van der Waals surface area contributed by atoms with Crippen LogP contribution in [0.5, 0.6) is 11.5 Å². The normalized spacial score (nSPS) is 10.6. The minimum atomic E-state index is 0.184. The molecule has 0 amide bonds. The third kappa shape index (κ3) is 3.46. The minimum Gasteiger partial charge on any atom is -0.496 e. The molecule has 0 fully saturated rings. The first kappa shape index (κ1) is 15.4. The van der Waals surface area contributed by atoms with Crippen molar-refractivity contribution in [2.45, 2.75) is 13.5 Å². The molecule has 0 unspecified atom stereocenters. The molecule has 118 valence electrons. The number of hydrogen-bond acceptors (Lipinski definition) is 5. The molecule has 0 aliphatic rings. The third-order valence-corrected chi connectivity index (χ3v) is 3.73. The lowest BCUT2D eigenvalue weighted by molar-refractivity contribution is 0.243. The van der Waals surface area contributed by atoms with Gasteiger partial charge in [-0.15, -0.1) is 0 Å². The summed E-state index contributed by atoms with van der Waals surface area (Å²) in [6.45, 7) is 2.10. The lowest BCUT2D eigenvalue weighted by atomic mass is 10.2. The molecule has 0 saturated carbocycles. The molecule has 0 bridgehead atoms. The van der Waals surface area contributed by atoms with Gasteiger partial charge in [0.25, 0.3) is 5.89 Å². The maximum absolute atomic E-state index is 5.99. The molecule has 6 heteroatoms. The van der Waals surface area contributed by atoms with Gasteiger partial charge >= 0.3 is 0 Å². The highest BCUT2D eigenvalue weighted by Crippen LogP contribution is 2.27. The van der Waals surface area contributed by atoms with Gasteiger partial charge in [0, 0.05) is 5.02 Å². The number of methoxy groups -OCH3 is 1. The zero-order chi connectivity index (χ0) is 16.2. The van der Waals surface area contributed by atoms with Crippen molar-refractivity contribution in [1.82, 2.24) is 10.1 Å². The summed E-state index contributed by atoms with van der Waals surface area (Å²) in [6, 6.07) is 12.9. The summed E-state index contributed by atoms with van der Waals surface area (Å²) in [5.41, 5.74) is 1.72. The Labute approximate surface area is 138 Å². The monoisotopic (exact) mass is 330 g/mol. The van der Waals surface area contributed by atoms with Crippen LogP contribution in [-0.2, 0) is 6.61 Å². The Morgan fingerprint density at radius 3 is 2.78 bits per heavy atom. The van der Waals surface area contributed by atoms with Crippen molar-refractivity contribution in [2.75, 3.05) is 7.11 Å². The Bertz CT molecular complexity index is 817. The first-order valence-corrected chi connectivity index (χ1v) is 7.40. The van der Waals surface area contributed by atoms with Crippen LogP contribution in [0.2, 0.25) is 5.02 Å². The van der Waals surface area contributed by atoms with E-state index in [9.17, 15) is 0 Å². The van der Waals surface area contributed by atoms with Crippen molar-refractivity contribution >= 4 is 11.6 Å². The first-order valence-electron chi connectivity index (χ1n) is 7.02. The van der Waals surface area contributed by atoms with Gasteiger partial charge in [-0.05, 0) is 42.8 Å². The van der Waals surface area contributed by atoms with E-state index in [-0.39, 0.29) is 6.61 Å². The average molecular weight is 331 g/mol. The number of rotatable bonds is 5. The Morgan fingerprint density at radius 1 is 1.17 bits per heavy atom. The zero-order valence-electron chi connectivity index (χ0n) is 12.7. The third-order valence-electron chi connectivity index (χ3n) is 3.31. The van der Waals surface area contributed by atoms with Gasteiger partial charge in [-0.1, -0.05) is 28.9 Å². The zero-order valence-corrected chi connectivity index (χ0v) is 13.5. The van der Waals surface area contributed by atoms with Gasteiger partial charge in [-0.2, -0.15) is 4.98 Å². The topological polar surface area (TPSA) is 57.4 Å². The molecule has 0 saturated heterocycles. The van der Waals surface area contributed by atoms with E-state index in [4.69, 9.17) is 25.6 Å². The van der Waals surface area contributed by atoms with Crippen LogP contribution in [0.25, 0.3) is 11.4 Å². The lowest BCUT2D eigenvalue weighted by Gasteiger charge is -2.05. The van der Waals surface area contributed by atoms with Crippen LogP contribution in [0, 0.1) is 6.92 Å². The molecular formula is C17H15ClN2O3. The van der Waals surface area contributed by atoms with E-state index in [2.05, 4.69) is 10.1 Å². The van der Waals surface area contributed by atoms with Crippen molar-refractivity contribution in [1.29, 1.82) is 0 Å². The minimum absolute atomic E-state index is 0.184. The van der Waals surface area contributed by atoms with E-state index < -0.39 is 0 Å². The number of benzene rings is 2. The molecule has 0 atom stereocenters. The second-order valence-electron chi connectivity index (χ2n) is 4.91. The average Bonchev–Trinajstić information content (AvgIpc) is 3.04. The number of halogens is 1. The number of hydrogen-bond donors (Lipinski definition) is 0. The van der Waals surface area contributed by atoms with E-state index >= 15 is 0 Å². The molecule has 3 aromatic rings. The van der Waals surface area contributed by atoms with Gasteiger partial charge in [0.15, 0.2) is 6.61 Å². The van der Waals surface area contributed by atoms with E-state index in [1.807, 2.05) is 37.3 Å². The van der Waals surface area contributed by atoms with Gasteiger partial charge in [0.05, 0.1) is 12.7 Å². The molecular weight excluding hydrogens is 316 g/mol. The van der Waals surface area contributed by atoms with Gasteiger partial charge in [-0.25, -0.2) is 0 Å². The first-order chi connectivity index (χ1) is 11.2. The summed E-state index contributed by atoms with van der Waals surface area (Å²) in [5.74, 6) is 2.24. The highest BCUT2D eigenvalue weighted by Gasteiger charge is 2.13. The van der Waals surface area contributed by atoms with Crippen LogP contribution in [0.4, 0.5) is 0 Å². The summed E-state index contributed by atoms with van der Waals surface area (Å²) >= 11 is 5.99. The fourth-order valence-corrected chi connectivity index (χ4v) is 2.22. The maximum Gasteiger partial charge on any atom is 0.264 e. The van der Waals surface area contributed by atoms with Crippen LogP contribution in [-0.4, -0.2) is 17.3 Å². The van der Waals surface area contributed by atoms with Gasteiger partial charge in [0.2, 0.25) is 5.82 Å². The number of ether oxygens (including phenoxy) is 2. The van der Waals surface area contributed by atoms with Crippen LogP contribution < -0.4 is 9.47 Å². The lowest BCUT2D eigenvalue weighted by Crippen LogP contribution is -1.96. The predicted octanol–water partition coefficient (Wildman–Crippen LogP) is 4.29. The molecule has 0 aliphatic carbocycles. The SMILES string of the molecule is COc1ccccc1-c1noc(COc2ccc(Cl)c(C)c2)n1. The largest absolute Gasteiger partial charge is 0.496 e. The van der Waals surface area contributed by atoms with Gasteiger partial charge in [0.1, 0.15) is 11.5 Å². The molecule has 1 heterocycles. The molecule has 5 nitrogen and oxygen atoms in total. The summed E-state index contributed by atoms with van der Waals surface area (Å²) in [6.07, 6.45) is 0. The Balaban J connectivity index is 1.73. The highest BCUT2D eigenvalue weighted by molar-refractivity contribution is 6.31. The second-order valence-corrected chi connectivity index (χ2v) is 5.32. The van der Waals surface area contributed by atoms with E-state index in [0.717, 1.165) is 11.1 Å². The van der Waals surface area contributed by atoms with Crippen LogP contribution >= 0.6 is 11.6 Å². The Kier molecular flexibility index (Phi) is 4.48. The Morgan fingerprint density at radius 2 is 2.00 bits per heavy atom. The fourth-order valence-electron chi connectivity index (χ4n) is 2.10. The number of aryl methyl sites for hydroxylation is 1. The van der Waals surface area contributed by atoms with Gasteiger partial charge in [-0.3, -0.25) is 0 Å². The van der Waals surface area contributed by atoms with Crippen molar-refractivity contribution in [3.05, 3.63) is 58.9 Å². The van der Waals surface area contributed by atoms with Crippen LogP contribution in [0.15, 0.2) is 47.0 Å².